The maximum absolute atomic E-state index is 12.6. The van der Waals surface area contributed by atoms with Crippen LogP contribution >= 0.6 is 11.3 Å². The third-order valence-corrected chi connectivity index (χ3v) is 4.24. The first-order chi connectivity index (χ1) is 10.8. The number of aryl methyl sites for hydroxylation is 1. The fourth-order valence-electron chi connectivity index (χ4n) is 2.05. The number of benzene rings is 1. The zero-order valence-corrected chi connectivity index (χ0v) is 13.0. The van der Waals surface area contributed by atoms with Crippen LogP contribution in [0, 0.1) is 6.92 Å². The van der Waals surface area contributed by atoms with E-state index in [-0.39, 0.29) is 6.04 Å². The molecule has 1 aromatic heterocycles. The zero-order chi connectivity index (χ0) is 16.6. The van der Waals surface area contributed by atoms with Crippen molar-refractivity contribution in [3.05, 3.63) is 45.7 Å². The third-order valence-electron chi connectivity index (χ3n) is 3.34. The van der Waals surface area contributed by atoms with E-state index in [1.807, 2.05) is 6.92 Å². The van der Waals surface area contributed by atoms with Crippen LogP contribution in [0.2, 0.25) is 0 Å². The predicted molar refractivity (Wildman–Crippen MR) is 80.5 cm³/mol. The standard InChI is InChI=1S/C15H14F3N3OS/c1-9-8-21(12-6-2-10(3-7-12)15(16,17)18)14(23-9)20-13(22)19-11-4-5-11/h2-3,6-8,11H,4-5H2,1H3,(H,19,22). The number of thiazole rings is 1. The summed E-state index contributed by atoms with van der Waals surface area (Å²) in [5.74, 6) is 0. The molecule has 3 rings (SSSR count). The molecule has 0 unspecified atom stereocenters. The van der Waals surface area contributed by atoms with Crippen molar-refractivity contribution < 1.29 is 18.0 Å². The SMILES string of the molecule is Cc1cn(-c2ccc(C(F)(F)F)cc2)c(=NC(=O)NC2CC2)s1. The number of urea groups is 1. The number of nitrogens with one attached hydrogen (secondary N) is 1. The lowest BCUT2D eigenvalue weighted by molar-refractivity contribution is -0.137. The van der Waals surface area contributed by atoms with Crippen molar-refractivity contribution >= 4 is 17.4 Å². The molecule has 1 fully saturated rings. The van der Waals surface area contributed by atoms with Crippen LogP contribution in [0.1, 0.15) is 23.3 Å². The molecule has 0 bridgehead atoms. The van der Waals surface area contributed by atoms with E-state index in [1.165, 1.54) is 23.5 Å². The topological polar surface area (TPSA) is 46.4 Å². The van der Waals surface area contributed by atoms with Crippen molar-refractivity contribution in [2.45, 2.75) is 32.0 Å². The second kappa shape index (κ2) is 5.84. The van der Waals surface area contributed by atoms with Gasteiger partial charge in [0.25, 0.3) is 0 Å². The minimum absolute atomic E-state index is 0.201. The molecule has 23 heavy (non-hydrogen) atoms. The first-order valence-electron chi connectivity index (χ1n) is 7.05. The smallest absolute Gasteiger partial charge is 0.333 e. The molecule has 1 aliphatic rings. The minimum Gasteiger partial charge on any atom is -0.333 e. The van der Waals surface area contributed by atoms with Crippen molar-refractivity contribution in [2.75, 3.05) is 0 Å². The highest BCUT2D eigenvalue weighted by molar-refractivity contribution is 7.09. The average molecular weight is 341 g/mol. The van der Waals surface area contributed by atoms with Crippen LogP contribution in [0.25, 0.3) is 5.69 Å². The number of hydrogen-bond acceptors (Lipinski definition) is 2. The molecule has 1 saturated carbocycles. The number of carbonyl (C=O) groups excluding carboxylic acids is 1. The van der Waals surface area contributed by atoms with Crippen molar-refractivity contribution in [2.24, 2.45) is 4.99 Å². The van der Waals surface area contributed by atoms with Crippen LogP contribution in [0.4, 0.5) is 18.0 Å². The number of rotatable bonds is 2. The van der Waals surface area contributed by atoms with Crippen molar-refractivity contribution in [1.29, 1.82) is 0 Å². The number of alkyl halides is 3. The van der Waals surface area contributed by atoms with Gasteiger partial charge in [-0.05, 0) is 44.0 Å². The van der Waals surface area contributed by atoms with Crippen LogP contribution < -0.4 is 10.1 Å². The van der Waals surface area contributed by atoms with Gasteiger partial charge < -0.3 is 5.32 Å². The maximum Gasteiger partial charge on any atom is 0.416 e. The lowest BCUT2D eigenvalue weighted by atomic mass is 10.2. The van der Waals surface area contributed by atoms with E-state index >= 15 is 0 Å². The van der Waals surface area contributed by atoms with Gasteiger partial charge in [-0.1, -0.05) is 0 Å². The molecule has 1 heterocycles. The monoisotopic (exact) mass is 341 g/mol. The van der Waals surface area contributed by atoms with Gasteiger partial charge in [-0.15, -0.1) is 11.3 Å². The molecule has 122 valence electrons. The zero-order valence-electron chi connectivity index (χ0n) is 12.2. The molecular formula is C15H14F3N3OS. The van der Waals surface area contributed by atoms with Gasteiger partial charge in [-0.25, -0.2) is 4.79 Å². The van der Waals surface area contributed by atoms with Crippen LogP contribution in [0.3, 0.4) is 0 Å². The summed E-state index contributed by atoms with van der Waals surface area (Å²) in [5, 5.41) is 2.76. The van der Waals surface area contributed by atoms with Crippen LogP contribution in [0.5, 0.6) is 0 Å². The highest BCUT2D eigenvalue weighted by atomic mass is 32.1. The van der Waals surface area contributed by atoms with Crippen LogP contribution in [-0.4, -0.2) is 16.6 Å². The van der Waals surface area contributed by atoms with E-state index in [2.05, 4.69) is 10.3 Å². The van der Waals surface area contributed by atoms with Gasteiger partial charge >= 0.3 is 12.2 Å². The molecule has 2 aromatic rings. The molecule has 0 spiro atoms. The summed E-state index contributed by atoms with van der Waals surface area (Å²) in [4.78, 5) is 17.2. The Labute approximate surface area is 134 Å². The molecule has 2 amide bonds. The Balaban J connectivity index is 1.93. The van der Waals surface area contributed by atoms with E-state index in [0.717, 1.165) is 29.9 Å². The van der Waals surface area contributed by atoms with Gasteiger partial charge in [0.05, 0.1) is 5.56 Å². The lowest BCUT2D eigenvalue weighted by Crippen LogP contribution is -2.25. The average Bonchev–Trinajstić information content (AvgIpc) is 3.20. The van der Waals surface area contributed by atoms with E-state index in [9.17, 15) is 18.0 Å². The maximum atomic E-state index is 12.6. The molecule has 1 aromatic carbocycles. The molecule has 0 atom stereocenters. The summed E-state index contributed by atoms with van der Waals surface area (Å²) < 4.78 is 39.5. The van der Waals surface area contributed by atoms with Gasteiger partial charge in [0.2, 0.25) is 0 Å². The Bertz CT molecular complexity index is 786. The van der Waals surface area contributed by atoms with Crippen molar-refractivity contribution in [3.63, 3.8) is 0 Å². The second-order valence-electron chi connectivity index (χ2n) is 5.37. The number of aromatic nitrogens is 1. The van der Waals surface area contributed by atoms with E-state index < -0.39 is 17.8 Å². The Morgan fingerprint density at radius 2 is 1.96 bits per heavy atom. The summed E-state index contributed by atoms with van der Waals surface area (Å²) in [7, 11) is 0. The number of hydrogen-bond donors (Lipinski definition) is 1. The molecular weight excluding hydrogens is 327 g/mol. The van der Waals surface area contributed by atoms with Gasteiger partial charge in [-0.3, -0.25) is 4.57 Å². The highest BCUT2D eigenvalue weighted by Crippen LogP contribution is 2.29. The number of amides is 2. The molecule has 0 aliphatic heterocycles. The quantitative estimate of drug-likeness (QED) is 0.891. The summed E-state index contributed by atoms with van der Waals surface area (Å²) in [6.45, 7) is 1.85. The summed E-state index contributed by atoms with van der Waals surface area (Å²) in [6, 6.07) is 4.55. The van der Waals surface area contributed by atoms with E-state index in [0.29, 0.717) is 10.5 Å². The molecule has 1 N–H and O–H groups in total. The summed E-state index contributed by atoms with van der Waals surface area (Å²) in [5.41, 5.74) is -0.181. The second-order valence-corrected chi connectivity index (χ2v) is 6.59. The number of carbonyl (C=O) groups is 1. The van der Waals surface area contributed by atoms with E-state index in [4.69, 9.17) is 0 Å². The molecule has 8 heteroatoms. The van der Waals surface area contributed by atoms with Gasteiger partial charge in [-0.2, -0.15) is 18.2 Å². The van der Waals surface area contributed by atoms with Crippen molar-refractivity contribution in [1.82, 2.24) is 9.88 Å². The van der Waals surface area contributed by atoms with Gasteiger partial charge in [0.15, 0.2) is 4.80 Å². The first kappa shape index (κ1) is 15.8. The fourth-order valence-corrected chi connectivity index (χ4v) is 2.88. The summed E-state index contributed by atoms with van der Waals surface area (Å²) >= 11 is 1.31. The Morgan fingerprint density at radius 3 is 2.52 bits per heavy atom. The largest absolute Gasteiger partial charge is 0.416 e. The number of nitrogens with zero attached hydrogens (tertiary/aromatic N) is 2. The lowest BCUT2D eigenvalue weighted by Gasteiger charge is -2.08. The molecule has 0 saturated heterocycles. The third kappa shape index (κ3) is 3.82. The number of halogens is 3. The fraction of sp³-hybridized carbons (Fsp3) is 0.333. The Hall–Kier alpha value is -2.09. The normalized spacial score (nSPS) is 15.7. The first-order valence-corrected chi connectivity index (χ1v) is 7.86. The highest BCUT2D eigenvalue weighted by Gasteiger charge is 2.30. The van der Waals surface area contributed by atoms with E-state index in [1.54, 1.807) is 10.8 Å². The molecule has 1 aliphatic carbocycles. The molecule has 4 nitrogen and oxygen atoms in total. The minimum atomic E-state index is -4.37. The Kier molecular flexibility index (Phi) is 4.01. The van der Waals surface area contributed by atoms with Crippen LogP contribution in [0.15, 0.2) is 35.5 Å². The summed E-state index contributed by atoms with van der Waals surface area (Å²) in [6.07, 6.45) is -0.700. The van der Waals surface area contributed by atoms with Crippen LogP contribution in [-0.2, 0) is 6.18 Å². The predicted octanol–water partition coefficient (Wildman–Crippen LogP) is 3.64. The van der Waals surface area contributed by atoms with Gasteiger partial charge in [0, 0.05) is 22.8 Å². The van der Waals surface area contributed by atoms with Crippen molar-refractivity contribution in [3.8, 4) is 5.69 Å². The van der Waals surface area contributed by atoms with Gasteiger partial charge in [0.1, 0.15) is 0 Å². The molecule has 0 radical (unpaired) electrons. The Morgan fingerprint density at radius 1 is 1.30 bits per heavy atom.